The van der Waals surface area contributed by atoms with Crippen molar-refractivity contribution in [3.05, 3.63) is 69.7 Å². The van der Waals surface area contributed by atoms with Gasteiger partial charge >= 0.3 is 5.97 Å². The molecule has 7 nitrogen and oxygen atoms in total. The third-order valence-electron chi connectivity index (χ3n) is 6.25. The van der Waals surface area contributed by atoms with Crippen LogP contribution in [0.5, 0.6) is 0 Å². The van der Waals surface area contributed by atoms with Crippen molar-refractivity contribution in [2.24, 2.45) is 5.41 Å². The van der Waals surface area contributed by atoms with Crippen LogP contribution in [0.25, 0.3) is 11.3 Å². The van der Waals surface area contributed by atoms with E-state index in [1.54, 1.807) is 37.5 Å². The summed E-state index contributed by atoms with van der Waals surface area (Å²) in [6, 6.07) is 11.7. The molecule has 0 amide bonds. The highest BCUT2D eigenvalue weighted by Crippen LogP contribution is 2.38. The van der Waals surface area contributed by atoms with Crippen molar-refractivity contribution >= 4 is 35.0 Å². The van der Waals surface area contributed by atoms with Crippen molar-refractivity contribution in [3.8, 4) is 17.3 Å². The van der Waals surface area contributed by atoms with Crippen LogP contribution in [0.15, 0.2) is 42.7 Å². The number of esters is 1. The lowest BCUT2D eigenvalue weighted by Crippen LogP contribution is -2.42. The number of rotatable bonds is 6. The van der Waals surface area contributed by atoms with E-state index in [2.05, 4.69) is 16.0 Å². The van der Waals surface area contributed by atoms with Gasteiger partial charge in [0, 0.05) is 31.0 Å². The van der Waals surface area contributed by atoms with Crippen LogP contribution in [0, 0.1) is 23.7 Å². The fourth-order valence-electron chi connectivity index (χ4n) is 4.37. The van der Waals surface area contributed by atoms with Gasteiger partial charge in [0.2, 0.25) is 0 Å². The molecule has 1 aliphatic rings. The number of anilines is 1. The van der Waals surface area contributed by atoms with Crippen molar-refractivity contribution in [1.82, 2.24) is 15.0 Å². The number of ether oxygens (including phenoxy) is 1. The van der Waals surface area contributed by atoms with E-state index in [1.807, 2.05) is 24.0 Å². The Hall–Kier alpha value is -3.21. The molecule has 0 radical (unpaired) electrons. The molecule has 1 saturated heterocycles. The largest absolute Gasteiger partial charge is 0.461 e. The number of aryl methyl sites for hydroxylation is 1. The van der Waals surface area contributed by atoms with Crippen molar-refractivity contribution in [2.45, 2.75) is 33.1 Å². The van der Waals surface area contributed by atoms with Crippen molar-refractivity contribution in [2.75, 3.05) is 24.6 Å². The van der Waals surface area contributed by atoms with Gasteiger partial charge in [-0.2, -0.15) is 5.26 Å². The van der Waals surface area contributed by atoms with Crippen LogP contribution in [0.3, 0.4) is 0 Å². The monoisotopic (exact) mass is 509 g/mol. The van der Waals surface area contributed by atoms with Gasteiger partial charge in [0.05, 0.1) is 39.5 Å². The second-order valence-electron chi connectivity index (χ2n) is 8.57. The highest BCUT2D eigenvalue weighted by molar-refractivity contribution is 6.43. The van der Waals surface area contributed by atoms with Crippen LogP contribution in [0.1, 0.15) is 41.5 Å². The molecule has 0 saturated carbocycles. The zero-order valence-corrected chi connectivity index (χ0v) is 21.1. The summed E-state index contributed by atoms with van der Waals surface area (Å²) in [6.07, 6.45) is 5.42. The summed E-state index contributed by atoms with van der Waals surface area (Å²) in [4.78, 5) is 28.5. The molecule has 0 atom stereocenters. The first-order chi connectivity index (χ1) is 16.9. The molecule has 1 aromatic carbocycles. The van der Waals surface area contributed by atoms with E-state index in [0.29, 0.717) is 65.2 Å². The Morgan fingerprint density at radius 3 is 2.63 bits per heavy atom. The lowest BCUT2D eigenvalue weighted by atomic mass is 9.75. The fourth-order valence-corrected chi connectivity index (χ4v) is 4.76. The number of nitriles is 1. The smallest absolute Gasteiger partial charge is 0.360 e. The molecule has 180 valence electrons. The van der Waals surface area contributed by atoms with E-state index in [1.165, 1.54) is 0 Å². The minimum atomic E-state index is -0.554. The maximum atomic E-state index is 12.9. The highest BCUT2D eigenvalue weighted by Gasteiger charge is 2.37. The van der Waals surface area contributed by atoms with Gasteiger partial charge in [-0.25, -0.2) is 14.8 Å². The molecule has 2 aromatic heterocycles. The van der Waals surface area contributed by atoms with Gasteiger partial charge in [-0.15, -0.1) is 0 Å². The van der Waals surface area contributed by atoms with Gasteiger partial charge in [0.25, 0.3) is 0 Å². The summed E-state index contributed by atoms with van der Waals surface area (Å²) < 4.78 is 5.30. The molecule has 0 aliphatic carbocycles. The van der Waals surface area contributed by atoms with E-state index in [0.717, 1.165) is 5.56 Å². The molecule has 0 spiro atoms. The SMILES string of the molecule is CCOC(=O)c1nc(-c2cccc(Cl)c2Cl)c(C)nc1N1CCC(C#N)(Cc2cccnc2)CC1. The van der Waals surface area contributed by atoms with Gasteiger partial charge in [0.15, 0.2) is 11.5 Å². The predicted molar refractivity (Wildman–Crippen MR) is 136 cm³/mol. The van der Waals surface area contributed by atoms with Crippen LogP contribution >= 0.6 is 23.2 Å². The van der Waals surface area contributed by atoms with Crippen molar-refractivity contribution in [1.29, 1.82) is 5.26 Å². The molecule has 3 aromatic rings. The summed E-state index contributed by atoms with van der Waals surface area (Å²) in [5, 5.41) is 10.8. The van der Waals surface area contributed by atoms with E-state index >= 15 is 0 Å². The number of hydrogen-bond donors (Lipinski definition) is 0. The third-order valence-corrected chi connectivity index (χ3v) is 7.07. The van der Waals surface area contributed by atoms with E-state index in [4.69, 9.17) is 32.9 Å². The Kier molecular flexibility index (Phi) is 7.54. The zero-order chi connectivity index (χ0) is 25.0. The maximum absolute atomic E-state index is 12.9. The predicted octanol–water partition coefficient (Wildman–Crippen LogP) is 5.68. The second-order valence-corrected chi connectivity index (χ2v) is 9.35. The normalized spacial score (nSPS) is 14.9. The quantitative estimate of drug-likeness (QED) is 0.394. The number of carbonyl (C=O) groups is 1. The Morgan fingerprint density at radius 1 is 1.20 bits per heavy atom. The highest BCUT2D eigenvalue weighted by atomic mass is 35.5. The minimum Gasteiger partial charge on any atom is -0.461 e. The van der Waals surface area contributed by atoms with Crippen LogP contribution < -0.4 is 4.90 Å². The molecule has 0 N–H and O–H groups in total. The van der Waals surface area contributed by atoms with Crippen LogP contribution in [0.4, 0.5) is 5.82 Å². The summed E-state index contributed by atoms with van der Waals surface area (Å²) >= 11 is 12.6. The van der Waals surface area contributed by atoms with Crippen molar-refractivity contribution in [3.63, 3.8) is 0 Å². The molecule has 0 bridgehead atoms. The molecule has 0 unspecified atom stereocenters. The van der Waals surface area contributed by atoms with Gasteiger partial charge in [-0.05, 0) is 50.8 Å². The molecule has 1 aliphatic heterocycles. The number of pyridine rings is 1. The van der Waals surface area contributed by atoms with Gasteiger partial charge < -0.3 is 9.64 Å². The maximum Gasteiger partial charge on any atom is 0.360 e. The van der Waals surface area contributed by atoms with Crippen molar-refractivity contribution < 1.29 is 9.53 Å². The molecule has 1 fully saturated rings. The molecular weight excluding hydrogens is 485 g/mol. The number of carbonyl (C=O) groups excluding carboxylic acids is 1. The number of benzene rings is 1. The molecular formula is C26H25Cl2N5O2. The summed E-state index contributed by atoms with van der Waals surface area (Å²) in [5.74, 6) is -0.0994. The Morgan fingerprint density at radius 2 is 1.97 bits per heavy atom. The first-order valence-corrected chi connectivity index (χ1v) is 12.2. The molecule has 9 heteroatoms. The van der Waals surface area contributed by atoms with Gasteiger partial charge in [-0.1, -0.05) is 41.4 Å². The third kappa shape index (κ3) is 5.24. The van der Waals surface area contributed by atoms with Gasteiger partial charge in [-0.3, -0.25) is 4.98 Å². The Bertz CT molecular complexity index is 1270. The fraction of sp³-hybridized carbons (Fsp3) is 0.346. The average molecular weight is 510 g/mol. The lowest BCUT2D eigenvalue weighted by molar-refractivity contribution is 0.0519. The van der Waals surface area contributed by atoms with E-state index < -0.39 is 11.4 Å². The van der Waals surface area contributed by atoms with Crippen LogP contribution in [0.2, 0.25) is 10.0 Å². The van der Waals surface area contributed by atoms with Gasteiger partial charge in [0.1, 0.15) is 0 Å². The molecule has 3 heterocycles. The summed E-state index contributed by atoms with van der Waals surface area (Å²) in [5.41, 5.74) is 2.35. The van der Waals surface area contributed by atoms with Crippen LogP contribution in [-0.4, -0.2) is 40.6 Å². The minimum absolute atomic E-state index is 0.125. The standard InChI is InChI=1S/C26H25Cl2N5O2/c1-3-35-25(34)23-24(31-17(2)22(32-23)19-7-4-8-20(27)21(19)28)33-12-9-26(16-29,10-13-33)14-18-6-5-11-30-15-18/h4-8,11,15H,3,9-10,12-14H2,1-2H3. The summed E-state index contributed by atoms with van der Waals surface area (Å²) in [7, 11) is 0. The average Bonchev–Trinajstić information content (AvgIpc) is 2.87. The first-order valence-electron chi connectivity index (χ1n) is 11.4. The first kappa shape index (κ1) is 24.9. The van der Waals surface area contributed by atoms with E-state index in [-0.39, 0.29) is 12.3 Å². The summed E-state index contributed by atoms with van der Waals surface area (Å²) in [6.45, 7) is 4.90. The van der Waals surface area contributed by atoms with E-state index in [9.17, 15) is 10.1 Å². The number of hydrogen-bond acceptors (Lipinski definition) is 7. The number of halogens is 2. The number of nitrogens with zero attached hydrogens (tertiary/aromatic N) is 5. The Balaban J connectivity index is 1.67. The Labute approximate surface area is 214 Å². The topological polar surface area (TPSA) is 92.0 Å². The van der Waals surface area contributed by atoms with Crippen LogP contribution in [-0.2, 0) is 11.2 Å². The molecule has 4 rings (SSSR count). The number of piperidine rings is 1. The zero-order valence-electron chi connectivity index (χ0n) is 19.6. The lowest BCUT2D eigenvalue weighted by Gasteiger charge is -2.38. The molecule has 35 heavy (non-hydrogen) atoms. The second kappa shape index (κ2) is 10.6. The number of aromatic nitrogens is 3.